The lowest BCUT2D eigenvalue weighted by Crippen LogP contribution is -2.46. The second-order valence-corrected chi connectivity index (χ2v) is 14.3. The molecule has 0 unspecified atom stereocenters. The van der Waals surface area contributed by atoms with Crippen LogP contribution in [0.2, 0.25) is 10.4 Å². The van der Waals surface area contributed by atoms with Gasteiger partial charge in [0.05, 0.1) is 54.5 Å². The molecule has 238 valence electrons. The summed E-state index contributed by atoms with van der Waals surface area (Å²) in [4.78, 5) is 29.4. The van der Waals surface area contributed by atoms with Gasteiger partial charge in [-0.2, -0.15) is 13.2 Å². The van der Waals surface area contributed by atoms with E-state index in [1.165, 1.54) is 25.1 Å². The number of alkyl halides is 3. The summed E-state index contributed by atoms with van der Waals surface area (Å²) in [5.41, 5.74) is 1.30. The summed E-state index contributed by atoms with van der Waals surface area (Å²) in [5, 5.41) is 6.68. The summed E-state index contributed by atoms with van der Waals surface area (Å²) < 4.78 is 55.9. The van der Waals surface area contributed by atoms with Crippen LogP contribution < -0.4 is 10.6 Å². The molecule has 1 aliphatic carbocycles. The van der Waals surface area contributed by atoms with Crippen LogP contribution in [-0.2, 0) is 11.0 Å². The average Bonchev–Trinajstić information content (AvgIpc) is 3.18. The van der Waals surface area contributed by atoms with Gasteiger partial charge in [0.25, 0.3) is 5.91 Å². The number of hydrogen-bond donors (Lipinski definition) is 2. The first-order valence-corrected chi connectivity index (χ1v) is 15.9. The molecule has 1 saturated carbocycles. The zero-order chi connectivity index (χ0) is 33.6. The topological polar surface area (TPSA) is 61.4 Å². The van der Waals surface area contributed by atoms with E-state index in [1.807, 2.05) is 24.3 Å². The molecule has 0 radical (unpaired) electrons. The number of carbonyl (C=O) groups excluding carboxylic acids is 2. The molecule has 1 saturated heterocycles. The highest BCUT2D eigenvalue weighted by Crippen LogP contribution is 2.55. The van der Waals surface area contributed by atoms with Crippen molar-refractivity contribution in [1.82, 2.24) is 4.90 Å². The standard InChI is InChI=1S/C33H39B4F4N3O2/c1-18-8-11-22(15-25(18)33(39,40)41)43-29(45)24-6-4-14-44(30(46)27-19(2)5-3-7-26(27)38)28(24)20-9-12-21(13-10-20)42-23-16-31(34,35)32(36,37)17-23/h3,5,7-13,15,23-24,28,42H,4,6,14,16-17,34-37H2,1-2H3,(H,43,45)/t24-,28-/m0/s1. The SMILES string of the molecule is BC1(B)CC(Nc2ccc([C@H]3[C@@H](C(=O)Nc4ccc(C)c(C(F)(F)F)c4)CCCN3C(=O)c3c(C)cccc3F)cc2)CC1(B)B. The Morgan fingerprint density at radius 2 is 1.52 bits per heavy atom. The number of nitrogens with zero attached hydrogens (tertiary/aromatic N) is 1. The summed E-state index contributed by atoms with van der Waals surface area (Å²) in [6.07, 6.45) is -1.65. The number of amides is 2. The number of aryl methyl sites for hydroxylation is 2. The Bertz CT molecular complexity index is 1600. The van der Waals surface area contributed by atoms with E-state index in [4.69, 9.17) is 0 Å². The fourth-order valence-corrected chi connectivity index (χ4v) is 7.17. The number of carbonyl (C=O) groups is 2. The molecule has 2 atom stereocenters. The van der Waals surface area contributed by atoms with Crippen molar-refractivity contribution in [2.45, 2.75) is 68.2 Å². The number of piperidine rings is 1. The first-order chi connectivity index (χ1) is 21.5. The van der Waals surface area contributed by atoms with Gasteiger partial charge in [-0.25, -0.2) is 4.39 Å². The lowest BCUT2D eigenvalue weighted by Gasteiger charge is -2.41. The van der Waals surface area contributed by atoms with Crippen molar-refractivity contribution >= 4 is 54.6 Å². The fraction of sp³-hybridized carbons (Fsp3) is 0.394. The van der Waals surface area contributed by atoms with Gasteiger partial charge < -0.3 is 15.5 Å². The predicted molar refractivity (Wildman–Crippen MR) is 185 cm³/mol. The van der Waals surface area contributed by atoms with E-state index in [0.717, 1.165) is 24.6 Å². The molecule has 1 aliphatic heterocycles. The molecule has 2 aliphatic rings. The van der Waals surface area contributed by atoms with Crippen molar-refractivity contribution < 1.29 is 27.2 Å². The number of rotatable bonds is 6. The fourth-order valence-electron chi connectivity index (χ4n) is 7.17. The van der Waals surface area contributed by atoms with Gasteiger partial charge in [0, 0.05) is 24.0 Å². The average molecular weight is 629 g/mol. The maximum Gasteiger partial charge on any atom is 0.416 e. The maximum absolute atomic E-state index is 15.0. The molecule has 0 bridgehead atoms. The van der Waals surface area contributed by atoms with Crippen LogP contribution in [0.5, 0.6) is 0 Å². The summed E-state index contributed by atoms with van der Waals surface area (Å²) in [5.74, 6) is -2.44. The smallest absolute Gasteiger partial charge is 0.382 e. The lowest BCUT2D eigenvalue weighted by molar-refractivity contribution is -0.138. The van der Waals surface area contributed by atoms with Gasteiger partial charge in [0.1, 0.15) is 5.82 Å². The van der Waals surface area contributed by atoms with E-state index in [9.17, 15) is 22.8 Å². The molecule has 3 aromatic rings. The molecule has 5 nitrogen and oxygen atoms in total. The van der Waals surface area contributed by atoms with E-state index < -0.39 is 41.3 Å². The molecule has 2 N–H and O–H groups in total. The zero-order valence-corrected chi connectivity index (χ0v) is 27.3. The molecule has 2 amide bonds. The van der Waals surface area contributed by atoms with Crippen molar-refractivity contribution in [2.75, 3.05) is 17.2 Å². The molecule has 13 heteroatoms. The normalized spacial score (nSPS) is 21.1. The summed E-state index contributed by atoms with van der Waals surface area (Å²) >= 11 is 0. The van der Waals surface area contributed by atoms with E-state index in [2.05, 4.69) is 42.0 Å². The van der Waals surface area contributed by atoms with Crippen LogP contribution in [0, 0.1) is 25.6 Å². The quantitative estimate of drug-likeness (QED) is 0.320. The number of benzene rings is 3. The molecule has 46 heavy (non-hydrogen) atoms. The van der Waals surface area contributed by atoms with Gasteiger partial charge >= 0.3 is 6.18 Å². The summed E-state index contributed by atoms with van der Waals surface area (Å²) in [6.45, 7) is 3.34. The Morgan fingerprint density at radius 1 is 0.891 bits per heavy atom. The van der Waals surface area contributed by atoms with E-state index >= 15 is 4.39 Å². The van der Waals surface area contributed by atoms with Crippen molar-refractivity contribution in [3.63, 3.8) is 0 Å². The highest BCUT2D eigenvalue weighted by Gasteiger charge is 2.46. The third-order valence-electron chi connectivity index (χ3n) is 10.4. The lowest BCUT2D eigenvalue weighted by atomic mass is 9.31. The van der Waals surface area contributed by atoms with Crippen LogP contribution in [0.1, 0.15) is 64.3 Å². The summed E-state index contributed by atoms with van der Waals surface area (Å²) in [7, 11) is 9.15. The van der Waals surface area contributed by atoms with Crippen molar-refractivity contribution in [1.29, 1.82) is 0 Å². The highest BCUT2D eigenvalue weighted by atomic mass is 19.4. The molecule has 2 fully saturated rings. The minimum Gasteiger partial charge on any atom is -0.382 e. The maximum atomic E-state index is 15.0. The van der Waals surface area contributed by atoms with E-state index in [-0.39, 0.29) is 27.2 Å². The largest absolute Gasteiger partial charge is 0.416 e. The Morgan fingerprint density at radius 3 is 2.13 bits per heavy atom. The minimum absolute atomic E-state index is 0.0250. The molecule has 1 heterocycles. The predicted octanol–water partition coefficient (Wildman–Crippen LogP) is 4.03. The second-order valence-electron chi connectivity index (χ2n) is 14.3. The van der Waals surface area contributed by atoms with E-state index in [0.29, 0.717) is 36.6 Å². The number of likely N-dealkylation sites (tertiary alicyclic amines) is 1. The van der Waals surface area contributed by atoms with Crippen LogP contribution in [-0.4, -0.2) is 60.7 Å². The molecule has 3 aromatic carbocycles. The van der Waals surface area contributed by atoms with Crippen LogP contribution >= 0.6 is 0 Å². The molecule has 0 spiro atoms. The third-order valence-corrected chi connectivity index (χ3v) is 10.4. The highest BCUT2D eigenvalue weighted by molar-refractivity contribution is 6.54. The number of anilines is 2. The molecule has 5 rings (SSSR count). The molecular weight excluding hydrogens is 590 g/mol. The Kier molecular flexibility index (Phi) is 9.19. The molecular formula is C33H39B4F4N3O2. The van der Waals surface area contributed by atoms with Crippen LogP contribution in [0.3, 0.4) is 0 Å². The van der Waals surface area contributed by atoms with Crippen molar-refractivity contribution in [3.8, 4) is 0 Å². The van der Waals surface area contributed by atoms with E-state index in [1.54, 1.807) is 24.0 Å². The first-order valence-electron chi connectivity index (χ1n) is 15.9. The minimum atomic E-state index is -4.57. The van der Waals surface area contributed by atoms with Crippen LogP contribution in [0.15, 0.2) is 60.7 Å². The monoisotopic (exact) mass is 629 g/mol. The van der Waals surface area contributed by atoms with Gasteiger partial charge in [-0.3, -0.25) is 9.59 Å². The van der Waals surface area contributed by atoms with Crippen molar-refractivity contribution in [3.05, 3.63) is 94.3 Å². The number of nitrogens with one attached hydrogen (secondary N) is 2. The Labute approximate surface area is 271 Å². The zero-order valence-electron chi connectivity index (χ0n) is 27.3. The van der Waals surface area contributed by atoms with Crippen LogP contribution in [0.25, 0.3) is 0 Å². The first kappa shape index (κ1) is 33.7. The summed E-state index contributed by atoms with van der Waals surface area (Å²) in [6, 6.07) is 15.3. The van der Waals surface area contributed by atoms with Crippen LogP contribution in [0.4, 0.5) is 28.9 Å². The van der Waals surface area contributed by atoms with Gasteiger partial charge in [-0.15, -0.1) is 0 Å². The number of halogens is 4. The number of hydrogen-bond acceptors (Lipinski definition) is 3. The van der Waals surface area contributed by atoms with Gasteiger partial charge in [0.2, 0.25) is 5.91 Å². The third kappa shape index (κ3) is 6.74. The van der Waals surface area contributed by atoms with Crippen molar-refractivity contribution in [2.24, 2.45) is 5.92 Å². The van der Waals surface area contributed by atoms with Gasteiger partial charge in [-0.1, -0.05) is 40.8 Å². The second kappa shape index (κ2) is 12.5. The Balaban J connectivity index is 1.47. The Hall–Kier alpha value is -3.62. The van der Waals surface area contributed by atoms with Gasteiger partial charge in [-0.05, 0) is 86.6 Å². The van der Waals surface area contributed by atoms with Gasteiger partial charge in [0.15, 0.2) is 0 Å². The molecule has 0 aromatic heterocycles.